The van der Waals surface area contributed by atoms with Gasteiger partial charge in [-0.15, -0.1) is 5.73 Å². The van der Waals surface area contributed by atoms with Crippen molar-refractivity contribution in [1.82, 2.24) is 5.73 Å². The van der Waals surface area contributed by atoms with Crippen LogP contribution in [-0.2, 0) is 0 Å². The average Bonchev–Trinajstić information content (AvgIpc) is 1.69. The van der Waals surface area contributed by atoms with Gasteiger partial charge in [0.2, 0.25) is 5.17 Å². The first kappa shape index (κ1) is 4.71. The molecule has 0 N–H and O–H groups in total. The Morgan fingerprint density at radius 3 is 3.00 bits per heavy atom. The average molecular weight is 112 g/mol. The van der Waals surface area contributed by atoms with Gasteiger partial charge in [-0.2, -0.15) is 0 Å². The highest BCUT2D eigenvalue weighted by Crippen LogP contribution is 2.05. The summed E-state index contributed by atoms with van der Waals surface area (Å²) in [5.74, 6) is 0.843. The molecule has 0 aromatic heterocycles. The topological polar surface area (TPSA) is 34.7 Å². The van der Waals surface area contributed by atoms with Gasteiger partial charge in [-0.05, 0) is 0 Å². The van der Waals surface area contributed by atoms with Crippen molar-refractivity contribution >= 4 is 16.9 Å². The Morgan fingerprint density at radius 2 is 2.71 bits per heavy atom. The first-order chi connectivity index (χ1) is 3.39. The Kier molecular flexibility index (Phi) is 1.36. The van der Waals surface area contributed by atoms with Crippen LogP contribution in [0.25, 0.3) is 0 Å². The second kappa shape index (κ2) is 2.02. The Balaban J connectivity index is 2.57. The third kappa shape index (κ3) is 1.23. The fourth-order valence-electron chi connectivity index (χ4n) is 0.319. The van der Waals surface area contributed by atoms with E-state index in [2.05, 4.69) is 4.99 Å². The molecule has 0 fully saturated rings. The normalized spacial score (nSPS) is 19.1. The third-order valence-corrected chi connectivity index (χ3v) is 1.32. The first-order valence-electron chi connectivity index (χ1n) is 1.94. The van der Waals surface area contributed by atoms with Gasteiger partial charge in [0.05, 0.1) is 0 Å². The van der Waals surface area contributed by atoms with Gasteiger partial charge in [0.25, 0.3) is 0 Å². The molecule has 7 heavy (non-hydrogen) atoms. The van der Waals surface area contributed by atoms with Gasteiger partial charge >= 0.3 is 0 Å². The molecular weight excluding hydrogens is 108 g/mol. The van der Waals surface area contributed by atoms with Crippen LogP contribution in [0.2, 0.25) is 0 Å². The standard InChI is InChI=1S/C4H4N2S/c5-4-6-2-1-3-7-4/h1-2H,3H2. The van der Waals surface area contributed by atoms with E-state index >= 15 is 0 Å². The van der Waals surface area contributed by atoms with E-state index < -0.39 is 0 Å². The first-order valence-corrected chi connectivity index (χ1v) is 2.93. The Bertz CT molecular complexity index is 117. The molecule has 1 rings (SSSR count). The van der Waals surface area contributed by atoms with Crippen LogP contribution < -0.4 is 5.73 Å². The van der Waals surface area contributed by atoms with E-state index in [1.165, 1.54) is 11.8 Å². The predicted octanol–water partition coefficient (Wildman–Crippen LogP) is 0.672. The summed E-state index contributed by atoms with van der Waals surface area (Å²) in [5.41, 5.74) is 8.57. The number of nitrogens with zero attached hydrogens (tertiary/aromatic N) is 2. The Morgan fingerprint density at radius 1 is 1.86 bits per heavy atom. The van der Waals surface area contributed by atoms with Crippen molar-refractivity contribution in [1.29, 1.82) is 0 Å². The molecule has 0 amide bonds. The molecule has 0 unspecified atom stereocenters. The van der Waals surface area contributed by atoms with Gasteiger partial charge in [-0.25, -0.2) is 4.99 Å². The summed E-state index contributed by atoms with van der Waals surface area (Å²) in [4.78, 5) is 3.58. The van der Waals surface area contributed by atoms with Gasteiger partial charge in [0, 0.05) is 12.0 Å². The van der Waals surface area contributed by atoms with Gasteiger partial charge in [0.1, 0.15) is 0 Å². The van der Waals surface area contributed by atoms with Crippen molar-refractivity contribution in [3.63, 3.8) is 0 Å². The van der Waals surface area contributed by atoms with Gasteiger partial charge in [-0.1, -0.05) is 17.8 Å². The van der Waals surface area contributed by atoms with Crippen LogP contribution >= 0.6 is 11.8 Å². The van der Waals surface area contributed by atoms with Crippen molar-refractivity contribution in [2.24, 2.45) is 4.99 Å². The maximum Gasteiger partial charge on any atom is 0.209 e. The van der Waals surface area contributed by atoms with E-state index in [0.717, 1.165) is 5.75 Å². The van der Waals surface area contributed by atoms with E-state index in [4.69, 9.17) is 5.73 Å². The monoisotopic (exact) mass is 112 g/mol. The summed E-state index contributed by atoms with van der Waals surface area (Å²) in [6, 6.07) is 0. The molecule has 0 aliphatic carbocycles. The smallest absolute Gasteiger partial charge is 0.209 e. The van der Waals surface area contributed by atoms with Crippen molar-refractivity contribution < 1.29 is 0 Å². The molecule has 1 aliphatic rings. The summed E-state index contributed by atoms with van der Waals surface area (Å²) < 4.78 is 0. The van der Waals surface area contributed by atoms with E-state index in [1.807, 2.05) is 6.08 Å². The quantitative estimate of drug-likeness (QED) is 0.453. The van der Waals surface area contributed by atoms with Crippen LogP contribution in [0.5, 0.6) is 0 Å². The predicted molar refractivity (Wildman–Crippen MR) is 31.2 cm³/mol. The molecule has 0 atom stereocenters. The second-order valence-electron chi connectivity index (χ2n) is 1.11. The van der Waals surface area contributed by atoms with Crippen molar-refractivity contribution in [2.75, 3.05) is 5.75 Å². The van der Waals surface area contributed by atoms with Crippen LogP contribution in [0, 0.1) is 0 Å². The number of hydrogen-bond acceptors (Lipinski definition) is 2. The number of hydrogen-bond donors (Lipinski definition) is 0. The highest BCUT2D eigenvalue weighted by molar-refractivity contribution is 8.13. The lowest BCUT2D eigenvalue weighted by atomic mass is 10.7. The SMILES string of the molecule is [N]C1=NC=CCS1. The van der Waals surface area contributed by atoms with Crippen LogP contribution in [0.1, 0.15) is 0 Å². The molecule has 0 aromatic carbocycles. The number of thioether (sulfide) groups is 1. The minimum Gasteiger partial charge on any atom is -0.230 e. The fourth-order valence-corrected chi connectivity index (χ4v) is 0.786. The van der Waals surface area contributed by atoms with Crippen LogP contribution in [-0.4, -0.2) is 10.9 Å². The van der Waals surface area contributed by atoms with Crippen molar-refractivity contribution in [3.05, 3.63) is 12.3 Å². The lowest BCUT2D eigenvalue weighted by Gasteiger charge is -1.93. The molecule has 0 aromatic rings. The summed E-state index contributed by atoms with van der Waals surface area (Å²) in [5, 5.41) is 0.169. The molecule has 0 saturated heterocycles. The molecule has 3 heteroatoms. The van der Waals surface area contributed by atoms with Gasteiger partial charge < -0.3 is 0 Å². The fraction of sp³-hybridized carbons (Fsp3) is 0.250. The molecular formula is C4H4N2S. The summed E-state index contributed by atoms with van der Waals surface area (Å²) >= 11 is 1.34. The molecule has 0 saturated carbocycles. The molecule has 1 heterocycles. The molecule has 0 bridgehead atoms. The highest BCUT2D eigenvalue weighted by atomic mass is 32.2. The molecule has 2 radical (unpaired) electrons. The highest BCUT2D eigenvalue weighted by Gasteiger charge is 1.94. The number of rotatable bonds is 0. The number of amidine groups is 1. The van der Waals surface area contributed by atoms with Crippen LogP contribution in [0.4, 0.5) is 0 Å². The lowest BCUT2D eigenvalue weighted by molar-refractivity contribution is 1.48. The van der Waals surface area contributed by atoms with E-state index in [1.54, 1.807) is 6.20 Å². The Labute approximate surface area is 46.5 Å². The van der Waals surface area contributed by atoms with Crippen LogP contribution in [0.15, 0.2) is 17.3 Å². The largest absolute Gasteiger partial charge is 0.230 e. The van der Waals surface area contributed by atoms with Crippen LogP contribution in [0.3, 0.4) is 0 Å². The summed E-state index contributed by atoms with van der Waals surface area (Å²) in [7, 11) is 0. The van der Waals surface area contributed by atoms with Crippen molar-refractivity contribution in [2.45, 2.75) is 0 Å². The minimum atomic E-state index is 0.169. The number of aliphatic imine (C=N–C) groups is 1. The zero-order chi connectivity index (χ0) is 5.11. The van der Waals surface area contributed by atoms with Crippen molar-refractivity contribution in [3.8, 4) is 0 Å². The zero-order valence-corrected chi connectivity index (χ0v) is 4.48. The lowest BCUT2D eigenvalue weighted by Crippen LogP contribution is -1.94. The van der Waals surface area contributed by atoms with E-state index in [0.29, 0.717) is 0 Å². The second-order valence-corrected chi connectivity index (χ2v) is 2.09. The van der Waals surface area contributed by atoms with Gasteiger partial charge in [-0.3, -0.25) is 0 Å². The maximum absolute atomic E-state index is 8.57. The zero-order valence-electron chi connectivity index (χ0n) is 3.66. The van der Waals surface area contributed by atoms with E-state index in [-0.39, 0.29) is 5.17 Å². The minimum absolute atomic E-state index is 0.169. The third-order valence-electron chi connectivity index (χ3n) is 0.599. The van der Waals surface area contributed by atoms with E-state index in [9.17, 15) is 0 Å². The molecule has 1 aliphatic heterocycles. The molecule has 2 nitrogen and oxygen atoms in total. The Hall–Kier alpha value is -0.440. The summed E-state index contributed by atoms with van der Waals surface area (Å²) in [6.07, 6.45) is 3.50. The maximum atomic E-state index is 8.57. The van der Waals surface area contributed by atoms with Gasteiger partial charge in [0.15, 0.2) is 0 Å². The summed E-state index contributed by atoms with van der Waals surface area (Å²) in [6.45, 7) is 0. The molecule has 0 spiro atoms. The molecule has 36 valence electrons.